The van der Waals surface area contributed by atoms with Gasteiger partial charge in [0.1, 0.15) is 11.6 Å². The number of nitrogens with zero attached hydrogens (tertiary/aromatic N) is 2. The molecule has 19 heavy (non-hydrogen) atoms. The Balaban J connectivity index is 2.09. The monoisotopic (exact) mass is 256 g/mol. The Morgan fingerprint density at radius 1 is 1.42 bits per heavy atom. The quantitative estimate of drug-likeness (QED) is 0.782. The Bertz CT molecular complexity index is 741. The van der Waals surface area contributed by atoms with E-state index in [0.29, 0.717) is 12.1 Å². The highest BCUT2D eigenvalue weighted by atomic mass is 16.4. The van der Waals surface area contributed by atoms with Crippen LogP contribution >= 0.6 is 0 Å². The standard InChI is InChI=1S/C14H12N2O3/c1-9-15-12-7-10(14(17)18)4-5-13(12)16(9)8-11-3-2-6-19-11/h2-7H,8H2,1H3,(H,17,18). The first-order valence-corrected chi connectivity index (χ1v) is 5.88. The van der Waals surface area contributed by atoms with Gasteiger partial charge >= 0.3 is 5.97 Å². The second-order valence-corrected chi connectivity index (χ2v) is 4.33. The van der Waals surface area contributed by atoms with Gasteiger partial charge in [0.05, 0.1) is 29.4 Å². The van der Waals surface area contributed by atoms with Crippen LogP contribution in [0.3, 0.4) is 0 Å². The number of aromatic carboxylic acids is 1. The molecule has 0 amide bonds. The number of hydrogen-bond acceptors (Lipinski definition) is 3. The molecular formula is C14H12N2O3. The molecule has 3 rings (SSSR count). The number of aromatic nitrogens is 2. The fourth-order valence-electron chi connectivity index (χ4n) is 2.14. The first-order chi connectivity index (χ1) is 9.15. The molecule has 0 radical (unpaired) electrons. The van der Waals surface area contributed by atoms with E-state index in [-0.39, 0.29) is 5.56 Å². The third-order valence-electron chi connectivity index (χ3n) is 3.08. The highest BCUT2D eigenvalue weighted by molar-refractivity contribution is 5.92. The van der Waals surface area contributed by atoms with E-state index in [2.05, 4.69) is 4.98 Å². The van der Waals surface area contributed by atoms with Gasteiger partial charge in [-0.15, -0.1) is 0 Å². The van der Waals surface area contributed by atoms with E-state index in [1.54, 1.807) is 24.5 Å². The Kier molecular flexibility index (Phi) is 2.59. The molecule has 0 fully saturated rings. The lowest BCUT2D eigenvalue weighted by Crippen LogP contribution is -2.01. The zero-order chi connectivity index (χ0) is 13.4. The van der Waals surface area contributed by atoms with Gasteiger partial charge in [0, 0.05) is 0 Å². The van der Waals surface area contributed by atoms with Gasteiger partial charge < -0.3 is 14.1 Å². The normalized spacial score (nSPS) is 11.0. The van der Waals surface area contributed by atoms with Gasteiger partial charge in [-0.3, -0.25) is 0 Å². The summed E-state index contributed by atoms with van der Waals surface area (Å²) in [5.74, 6) is 0.721. The van der Waals surface area contributed by atoms with Crippen LogP contribution in [0.5, 0.6) is 0 Å². The van der Waals surface area contributed by atoms with Gasteiger partial charge in [-0.05, 0) is 37.3 Å². The van der Waals surface area contributed by atoms with Crippen molar-refractivity contribution in [1.29, 1.82) is 0 Å². The van der Waals surface area contributed by atoms with Crippen LogP contribution in [-0.2, 0) is 6.54 Å². The van der Waals surface area contributed by atoms with Crippen molar-refractivity contribution in [1.82, 2.24) is 9.55 Å². The fraction of sp³-hybridized carbons (Fsp3) is 0.143. The molecule has 0 unspecified atom stereocenters. The summed E-state index contributed by atoms with van der Waals surface area (Å²) in [6.45, 7) is 2.48. The van der Waals surface area contributed by atoms with E-state index < -0.39 is 5.97 Å². The van der Waals surface area contributed by atoms with Crippen molar-refractivity contribution in [2.24, 2.45) is 0 Å². The third kappa shape index (κ3) is 1.99. The number of carboxylic acids is 1. The maximum Gasteiger partial charge on any atom is 0.335 e. The van der Waals surface area contributed by atoms with Crippen molar-refractivity contribution in [3.05, 3.63) is 53.7 Å². The lowest BCUT2D eigenvalue weighted by molar-refractivity contribution is 0.0697. The molecule has 0 saturated carbocycles. The van der Waals surface area contributed by atoms with Gasteiger partial charge in [0.15, 0.2) is 0 Å². The van der Waals surface area contributed by atoms with Crippen LogP contribution in [0.2, 0.25) is 0 Å². The largest absolute Gasteiger partial charge is 0.478 e. The Morgan fingerprint density at radius 2 is 2.26 bits per heavy atom. The predicted octanol–water partition coefficient (Wildman–Crippen LogP) is 2.68. The number of carboxylic acid groups (broad SMARTS) is 1. The number of imidazole rings is 1. The molecule has 1 aromatic carbocycles. The number of rotatable bonds is 3. The van der Waals surface area contributed by atoms with Crippen LogP contribution in [-0.4, -0.2) is 20.6 Å². The minimum Gasteiger partial charge on any atom is -0.478 e. The second-order valence-electron chi connectivity index (χ2n) is 4.33. The molecule has 0 saturated heterocycles. The second kappa shape index (κ2) is 4.28. The number of fused-ring (bicyclic) bond motifs is 1. The minimum absolute atomic E-state index is 0.246. The summed E-state index contributed by atoms with van der Waals surface area (Å²) in [5.41, 5.74) is 1.83. The average molecular weight is 256 g/mol. The van der Waals surface area contributed by atoms with Crippen LogP contribution in [0.4, 0.5) is 0 Å². The summed E-state index contributed by atoms with van der Waals surface area (Å²) in [5, 5.41) is 8.98. The molecule has 1 N–H and O–H groups in total. The summed E-state index contributed by atoms with van der Waals surface area (Å²) >= 11 is 0. The van der Waals surface area contributed by atoms with Crippen molar-refractivity contribution in [2.75, 3.05) is 0 Å². The number of furan rings is 1. The highest BCUT2D eigenvalue weighted by Gasteiger charge is 2.11. The summed E-state index contributed by atoms with van der Waals surface area (Å²) < 4.78 is 7.33. The van der Waals surface area contributed by atoms with E-state index in [4.69, 9.17) is 9.52 Å². The third-order valence-corrected chi connectivity index (χ3v) is 3.08. The molecule has 0 atom stereocenters. The lowest BCUT2D eigenvalue weighted by atomic mass is 10.2. The Hall–Kier alpha value is -2.56. The van der Waals surface area contributed by atoms with E-state index >= 15 is 0 Å². The molecule has 3 aromatic rings. The zero-order valence-electron chi connectivity index (χ0n) is 10.3. The summed E-state index contributed by atoms with van der Waals surface area (Å²) in [7, 11) is 0. The lowest BCUT2D eigenvalue weighted by Gasteiger charge is -2.04. The minimum atomic E-state index is -0.944. The molecule has 5 nitrogen and oxygen atoms in total. The Morgan fingerprint density at radius 3 is 2.95 bits per heavy atom. The number of carbonyl (C=O) groups is 1. The SMILES string of the molecule is Cc1nc2cc(C(=O)O)ccc2n1Cc1ccco1. The molecule has 0 aliphatic carbocycles. The highest BCUT2D eigenvalue weighted by Crippen LogP contribution is 2.19. The number of aryl methyl sites for hydroxylation is 1. The van der Waals surface area contributed by atoms with Crippen molar-refractivity contribution < 1.29 is 14.3 Å². The van der Waals surface area contributed by atoms with E-state index in [1.807, 2.05) is 23.6 Å². The van der Waals surface area contributed by atoms with Gasteiger partial charge in [-0.2, -0.15) is 0 Å². The summed E-state index contributed by atoms with van der Waals surface area (Å²) in [6, 6.07) is 8.69. The van der Waals surface area contributed by atoms with E-state index in [1.165, 1.54) is 0 Å². The first-order valence-electron chi connectivity index (χ1n) is 5.88. The molecule has 0 aliphatic rings. The van der Waals surface area contributed by atoms with Crippen LogP contribution in [0, 0.1) is 6.92 Å². The predicted molar refractivity (Wildman–Crippen MR) is 69.2 cm³/mol. The molecular weight excluding hydrogens is 244 g/mol. The molecule has 5 heteroatoms. The Labute approximate surface area is 109 Å². The van der Waals surface area contributed by atoms with E-state index in [9.17, 15) is 4.79 Å². The average Bonchev–Trinajstić information content (AvgIpc) is 2.98. The molecule has 2 aromatic heterocycles. The molecule has 2 heterocycles. The maximum atomic E-state index is 10.9. The van der Waals surface area contributed by atoms with Crippen molar-refractivity contribution in [2.45, 2.75) is 13.5 Å². The first kappa shape index (κ1) is 11.5. The fourth-order valence-corrected chi connectivity index (χ4v) is 2.14. The number of hydrogen-bond donors (Lipinski definition) is 1. The van der Waals surface area contributed by atoms with E-state index in [0.717, 1.165) is 17.1 Å². The van der Waals surface area contributed by atoms with Crippen molar-refractivity contribution in [3.63, 3.8) is 0 Å². The van der Waals surface area contributed by atoms with Crippen molar-refractivity contribution in [3.8, 4) is 0 Å². The topological polar surface area (TPSA) is 68.3 Å². The van der Waals surface area contributed by atoms with Gasteiger partial charge in [0.2, 0.25) is 0 Å². The smallest absolute Gasteiger partial charge is 0.335 e. The number of benzene rings is 1. The van der Waals surface area contributed by atoms with Gasteiger partial charge in [-0.1, -0.05) is 0 Å². The maximum absolute atomic E-state index is 10.9. The van der Waals surface area contributed by atoms with Crippen LogP contribution in [0.1, 0.15) is 21.9 Å². The molecule has 0 spiro atoms. The molecule has 96 valence electrons. The van der Waals surface area contributed by atoms with Gasteiger partial charge in [-0.25, -0.2) is 9.78 Å². The molecule has 0 bridgehead atoms. The zero-order valence-corrected chi connectivity index (χ0v) is 10.3. The van der Waals surface area contributed by atoms with Crippen LogP contribution in [0.15, 0.2) is 41.0 Å². The molecule has 0 aliphatic heterocycles. The van der Waals surface area contributed by atoms with Gasteiger partial charge in [0.25, 0.3) is 0 Å². The van der Waals surface area contributed by atoms with Crippen LogP contribution in [0.25, 0.3) is 11.0 Å². The summed E-state index contributed by atoms with van der Waals surface area (Å²) in [4.78, 5) is 15.3. The summed E-state index contributed by atoms with van der Waals surface area (Å²) in [6.07, 6.45) is 1.63. The van der Waals surface area contributed by atoms with Crippen LogP contribution < -0.4 is 0 Å². The van der Waals surface area contributed by atoms with Crippen molar-refractivity contribution >= 4 is 17.0 Å².